The van der Waals surface area contributed by atoms with Gasteiger partial charge in [-0.1, -0.05) is 6.92 Å². The molecule has 31 heavy (non-hydrogen) atoms. The van der Waals surface area contributed by atoms with Crippen molar-refractivity contribution in [1.29, 1.82) is 0 Å². The van der Waals surface area contributed by atoms with Crippen molar-refractivity contribution in [2.24, 2.45) is 0 Å². The third kappa shape index (κ3) is 10.0. The first-order chi connectivity index (χ1) is 14.8. The Bertz CT molecular complexity index is 647. The number of nitrogens with zero attached hydrogens (tertiary/aromatic N) is 1. The van der Waals surface area contributed by atoms with Crippen LogP contribution in [0.4, 0.5) is 0 Å². The number of carbonyl (C=O) groups is 5. The van der Waals surface area contributed by atoms with Crippen LogP contribution >= 0.6 is 11.8 Å². The van der Waals surface area contributed by atoms with Crippen LogP contribution in [0.15, 0.2) is 0 Å². The van der Waals surface area contributed by atoms with Gasteiger partial charge in [0.15, 0.2) is 0 Å². The predicted octanol–water partition coefficient (Wildman–Crippen LogP) is -1.77. The summed E-state index contributed by atoms with van der Waals surface area (Å²) in [6, 6.07) is -0.975. The maximum atomic E-state index is 12.6. The molecule has 1 fully saturated rings. The van der Waals surface area contributed by atoms with Crippen LogP contribution in [0.5, 0.6) is 0 Å². The van der Waals surface area contributed by atoms with E-state index in [1.54, 1.807) is 11.8 Å². The van der Waals surface area contributed by atoms with Gasteiger partial charge < -0.3 is 26.0 Å². The number of hydrogen-bond acceptors (Lipinski definition) is 8. The van der Waals surface area contributed by atoms with Crippen molar-refractivity contribution in [2.75, 3.05) is 51.8 Å². The molecule has 1 aliphatic heterocycles. The first-order valence-corrected chi connectivity index (χ1v) is 11.6. The summed E-state index contributed by atoms with van der Waals surface area (Å²) in [6.07, 6.45) is 4.05. The highest BCUT2D eigenvalue weighted by molar-refractivity contribution is 7.98. The number of thioether (sulfide) groups is 1. The molecule has 0 bridgehead atoms. The van der Waals surface area contributed by atoms with Crippen molar-refractivity contribution in [2.45, 2.75) is 38.3 Å². The lowest BCUT2D eigenvalue weighted by molar-refractivity contribution is -0.141. The fourth-order valence-corrected chi connectivity index (χ4v) is 3.58. The molecule has 11 nitrogen and oxygen atoms in total. The predicted molar refractivity (Wildman–Crippen MR) is 116 cm³/mol. The summed E-state index contributed by atoms with van der Waals surface area (Å²) in [4.78, 5) is 61.7. The summed E-state index contributed by atoms with van der Waals surface area (Å²) in [5.41, 5.74) is 0. The molecule has 12 heteroatoms. The zero-order chi connectivity index (χ0) is 23.2. The zero-order valence-electron chi connectivity index (χ0n) is 18.3. The maximum absolute atomic E-state index is 12.6. The molecule has 0 aromatic rings. The van der Waals surface area contributed by atoms with E-state index in [0.717, 1.165) is 25.9 Å². The van der Waals surface area contributed by atoms with Crippen LogP contribution in [0, 0.1) is 0 Å². The molecule has 0 saturated carbocycles. The lowest BCUT2D eigenvalue weighted by Gasteiger charge is -2.25. The number of ether oxygens (including phenoxy) is 1. The minimum absolute atomic E-state index is 0.174. The Labute approximate surface area is 186 Å². The number of nitrogens with one attached hydrogen (secondary N) is 4. The minimum Gasteiger partial charge on any atom is -0.468 e. The number of rotatable bonds is 13. The third-order valence-corrected chi connectivity index (χ3v) is 5.49. The standard InChI is InChI=1S/C19H33N5O6S/c1-4-24-8-5-6-14(24)19(29)23-13(7-9-31-3)18(28)22-11-16(26)20-10-15(25)21-12-17(27)30-2/h13-14H,4-12H2,1-3H3,(H,20,26)(H,21,25)(H,22,28)(H,23,29)/t13-,14-/m0/s1. The average Bonchev–Trinajstić information content (AvgIpc) is 3.25. The number of likely N-dealkylation sites (N-methyl/N-ethyl adjacent to an activating group) is 1. The molecule has 0 aromatic carbocycles. The topological polar surface area (TPSA) is 146 Å². The number of methoxy groups -OCH3 is 1. The van der Waals surface area contributed by atoms with Gasteiger partial charge in [0.2, 0.25) is 23.6 Å². The highest BCUT2D eigenvalue weighted by Gasteiger charge is 2.32. The first kappa shape index (κ1) is 26.7. The maximum Gasteiger partial charge on any atom is 0.325 e. The Balaban J connectivity index is 2.46. The Morgan fingerprint density at radius 2 is 1.71 bits per heavy atom. The van der Waals surface area contributed by atoms with Crippen molar-refractivity contribution in [1.82, 2.24) is 26.2 Å². The highest BCUT2D eigenvalue weighted by Crippen LogP contribution is 2.17. The van der Waals surface area contributed by atoms with Gasteiger partial charge in [0.05, 0.1) is 26.2 Å². The van der Waals surface area contributed by atoms with E-state index in [4.69, 9.17) is 0 Å². The summed E-state index contributed by atoms with van der Waals surface area (Å²) in [7, 11) is 1.20. The monoisotopic (exact) mass is 459 g/mol. The highest BCUT2D eigenvalue weighted by atomic mass is 32.2. The summed E-state index contributed by atoms with van der Waals surface area (Å²) in [5.74, 6) is -1.68. The molecule has 4 amide bonds. The van der Waals surface area contributed by atoms with Crippen LogP contribution in [0.3, 0.4) is 0 Å². The first-order valence-electron chi connectivity index (χ1n) is 10.2. The van der Waals surface area contributed by atoms with Gasteiger partial charge in [-0.25, -0.2) is 0 Å². The van der Waals surface area contributed by atoms with Gasteiger partial charge in [-0.05, 0) is 44.4 Å². The zero-order valence-corrected chi connectivity index (χ0v) is 19.1. The molecule has 0 unspecified atom stereocenters. The van der Waals surface area contributed by atoms with Crippen molar-refractivity contribution >= 4 is 41.4 Å². The molecule has 4 N–H and O–H groups in total. The SMILES string of the molecule is CCN1CCC[C@H]1C(=O)N[C@@H](CCSC)C(=O)NCC(=O)NCC(=O)NCC(=O)OC. The van der Waals surface area contributed by atoms with Crippen LogP contribution in [0.25, 0.3) is 0 Å². The van der Waals surface area contributed by atoms with E-state index in [-0.39, 0.29) is 31.6 Å². The van der Waals surface area contributed by atoms with E-state index in [0.29, 0.717) is 12.2 Å². The lowest BCUT2D eigenvalue weighted by atomic mass is 10.1. The Morgan fingerprint density at radius 3 is 2.32 bits per heavy atom. The van der Waals surface area contributed by atoms with E-state index in [9.17, 15) is 24.0 Å². The number of carbonyl (C=O) groups excluding carboxylic acids is 5. The van der Waals surface area contributed by atoms with Gasteiger partial charge in [-0.2, -0.15) is 11.8 Å². The number of amides is 4. The summed E-state index contributed by atoms with van der Waals surface area (Å²) in [6.45, 7) is 2.66. The van der Waals surface area contributed by atoms with E-state index < -0.39 is 29.7 Å². The smallest absolute Gasteiger partial charge is 0.325 e. The molecule has 1 heterocycles. The molecule has 1 aliphatic rings. The van der Waals surface area contributed by atoms with Crippen LogP contribution in [-0.4, -0.2) is 98.4 Å². The summed E-state index contributed by atoms with van der Waals surface area (Å²) < 4.78 is 4.39. The summed E-state index contributed by atoms with van der Waals surface area (Å²) >= 11 is 1.56. The molecular formula is C19H33N5O6S. The largest absolute Gasteiger partial charge is 0.468 e. The summed E-state index contributed by atoms with van der Waals surface area (Å²) in [5, 5.41) is 9.95. The van der Waals surface area contributed by atoms with E-state index in [1.807, 2.05) is 13.2 Å². The van der Waals surface area contributed by atoms with Crippen LogP contribution in [0.1, 0.15) is 26.2 Å². The number of hydrogen-bond donors (Lipinski definition) is 4. The average molecular weight is 460 g/mol. The van der Waals surface area contributed by atoms with Crippen molar-refractivity contribution in [3.8, 4) is 0 Å². The Kier molecular flexibility index (Phi) is 12.6. The lowest BCUT2D eigenvalue weighted by Crippen LogP contribution is -2.53. The molecule has 2 atom stereocenters. The Hall–Kier alpha value is -2.34. The number of likely N-dealkylation sites (tertiary alicyclic amines) is 1. The van der Waals surface area contributed by atoms with Gasteiger partial charge >= 0.3 is 5.97 Å². The quantitative estimate of drug-likeness (QED) is 0.237. The van der Waals surface area contributed by atoms with Gasteiger partial charge in [0, 0.05) is 0 Å². The van der Waals surface area contributed by atoms with Gasteiger partial charge in [-0.15, -0.1) is 0 Å². The van der Waals surface area contributed by atoms with Crippen LogP contribution in [0.2, 0.25) is 0 Å². The normalized spacial score (nSPS) is 16.8. The molecular weight excluding hydrogens is 426 g/mol. The second-order valence-corrected chi connectivity index (χ2v) is 7.96. The van der Waals surface area contributed by atoms with E-state index >= 15 is 0 Å². The van der Waals surface area contributed by atoms with Crippen molar-refractivity contribution in [3.05, 3.63) is 0 Å². The van der Waals surface area contributed by atoms with Crippen LogP contribution in [-0.2, 0) is 28.7 Å². The fourth-order valence-electron chi connectivity index (χ4n) is 3.11. The molecule has 1 saturated heterocycles. The third-order valence-electron chi connectivity index (χ3n) is 4.84. The van der Waals surface area contributed by atoms with E-state index in [2.05, 4.69) is 30.9 Å². The van der Waals surface area contributed by atoms with Crippen molar-refractivity contribution in [3.63, 3.8) is 0 Å². The molecule has 1 rings (SSSR count). The van der Waals surface area contributed by atoms with Gasteiger partial charge in [0.25, 0.3) is 0 Å². The second kappa shape index (κ2) is 14.6. The molecule has 176 valence electrons. The fraction of sp³-hybridized carbons (Fsp3) is 0.737. The molecule has 0 spiro atoms. The van der Waals surface area contributed by atoms with Crippen molar-refractivity contribution < 1.29 is 28.7 Å². The second-order valence-electron chi connectivity index (χ2n) is 6.98. The van der Waals surface area contributed by atoms with Gasteiger partial charge in [0.1, 0.15) is 12.6 Å². The number of esters is 1. The van der Waals surface area contributed by atoms with Gasteiger partial charge in [-0.3, -0.25) is 28.9 Å². The molecule has 0 aromatic heterocycles. The molecule has 0 aliphatic carbocycles. The minimum atomic E-state index is -0.740. The van der Waals surface area contributed by atoms with E-state index in [1.165, 1.54) is 7.11 Å². The van der Waals surface area contributed by atoms with Crippen LogP contribution < -0.4 is 21.3 Å². The Morgan fingerprint density at radius 1 is 1.06 bits per heavy atom. The molecule has 0 radical (unpaired) electrons.